The Labute approximate surface area is 334 Å². The first kappa shape index (κ1) is 32.4. The van der Waals surface area contributed by atoms with Crippen LogP contribution in [0.15, 0.2) is 217 Å². The molecule has 0 bridgehead atoms. The second-order valence-electron chi connectivity index (χ2n) is 15.0. The number of hydrogen-bond acceptors (Lipinski definition) is 2. The number of rotatable bonds is 6. The molecule has 4 heteroatoms. The van der Waals surface area contributed by atoms with Gasteiger partial charge in [0.25, 0.3) is 0 Å². The van der Waals surface area contributed by atoms with Gasteiger partial charge in [0.15, 0.2) is 0 Å². The molecule has 272 valence electrons. The van der Waals surface area contributed by atoms with Crippen LogP contribution in [0.5, 0.6) is 0 Å². The fourth-order valence-corrected chi connectivity index (χ4v) is 9.06. The van der Waals surface area contributed by atoms with Crippen LogP contribution in [-0.2, 0) is 0 Å². The molecule has 3 heterocycles. The normalized spacial score (nSPS) is 11.8. The van der Waals surface area contributed by atoms with Crippen LogP contribution in [0.3, 0.4) is 0 Å². The third-order valence-corrected chi connectivity index (χ3v) is 11.7. The number of benzene rings is 9. The fraction of sp³-hybridized carbons (Fsp3) is 0. The van der Waals surface area contributed by atoms with Crippen molar-refractivity contribution in [1.29, 1.82) is 0 Å². The highest BCUT2D eigenvalue weighted by Gasteiger charge is 2.19. The Kier molecular flexibility index (Phi) is 7.20. The molecule has 9 aromatic carbocycles. The standard InChI is InChI=1S/C54H35N3O/c1-2-12-38(13-3-1)57-51-20-10-6-16-45(51)46-32-30-42(35-52(46)57)55(41-31-33-54-48(34-41)47-17-7-11-21-53(47)58-54)39-26-22-36(23-27-39)37-24-28-40(29-25-37)56-49-18-8-4-14-43(49)44-15-5-9-19-50(44)56/h1-35H. The molecule has 0 saturated heterocycles. The predicted octanol–water partition coefficient (Wildman–Crippen LogP) is 14.9. The van der Waals surface area contributed by atoms with Gasteiger partial charge in [-0.2, -0.15) is 0 Å². The molecule has 0 radical (unpaired) electrons. The lowest BCUT2D eigenvalue weighted by molar-refractivity contribution is 0.669. The van der Waals surface area contributed by atoms with Gasteiger partial charge < -0.3 is 18.5 Å². The maximum Gasteiger partial charge on any atom is 0.135 e. The van der Waals surface area contributed by atoms with Gasteiger partial charge in [0, 0.05) is 60.8 Å². The van der Waals surface area contributed by atoms with Crippen LogP contribution in [0.1, 0.15) is 0 Å². The van der Waals surface area contributed by atoms with Crippen LogP contribution >= 0.6 is 0 Å². The molecule has 0 N–H and O–H groups in total. The van der Waals surface area contributed by atoms with Gasteiger partial charge in [-0.1, -0.05) is 121 Å². The molecule has 0 amide bonds. The number of nitrogens with zero attached hydrogens (tertiary/aromatic N) is 3. The Balaban J connectivity index is 0.987. The zero-order valence-electron chi connectivity index (χ0n) is 31.5. The molecule has 12 aromatic rings. The minimum atomic E-state index is 0.879. The van der Waals surface area contributed by atoms with Gasteiger partial charge in [-0.3, -0.25) is 0 Å². The Bertz CT molecular complexity index is 3440. The zero-order valence-corrected chi connectivity index (χ0v) is 31.5. The van der Waals surface area contributed by atoms with Gasteiger partial charge in [-0.25, -0.2) is 0 Å². The van der Waals surface area contributed by atoms with Gasteiger partial charge in [-0.05, 0) is 102 Å². The number of hydrogen-bond donors (Lipinski definition) is 0. The van der Waals surface area contributed by atoms with Crippen molar-refractivity contribution in [2.24, 2.45) is 0 Å². The molecule has 0 aliphatic rings. The minimum Gasteiger partial charge on any atom is -0.456 e. The van der Waals surface area contributed by atoms with E-state index in [4.69, 9.17) is 4.42 Å². The lowest BCUT2D eigenvalue weighted by Gasteiger charge is -2.26. The van der Waals surface area contributed by atoms with E-state index in [1.165, 1.54) is 43.7 Å². The van der Waals surface area contributed by atoms with Crippen LogP contribution in [0.2, 0.25) is 0 Å². The summed E-state index contributed by atoms with van der Waals surface area (Å²) in [5.41, 5.74) is 14.4. The molecule has 0 saturated carbocycles. The summed E-state index contributed by atoms with van der Waals surface area (Å²) in [4.78, 5) is 2.36. The van der Waals surface area contributed by atoms with Crippen molar-refractivity contribution in [3.05, 3.63) is 212 Å². The lowest BCUT2D eigenvalue weighted by Crippen LogP contribution is -2.10. The SMILES string of the molecule is c1ccc(-n2c3ccccc3c3ccc(N(c4ccc(-c5ccc(-n6c7ccccc7c7ccccc76)cc5)cc4)c4ccc5oc6ccccc6c5c4)cc32)cc1. The summed E-state index contributed by atoms with van der Waals surface area (Å²) in [7, 11) is 0. The molecule has 58 heavy (non-hydrogen) atoms. The van der Waals surface area contributed by atoms with Gasteiger partial charge in [-0.15, -0.1) is 0 Å². The smallest absolute Gasteiger partial charge is 0.135 e. The minimum absolute atomic E-state index is 0.879. The molecule has 0 fully saturated rings. The topological polar surface area (TPSA) is 26.2 Å². The molecule has 0 spiro atoms. The van der Waals surface area contributed by atoms with E-state index >= 15 is 0 Å². The average Bonchev–Trinajstić information content (AvgIpc) is 3.95. The number of furan rings is 1. The molecular weight excluding hydrogens is 707 g/mol. The predicted molar refractivity (Wildman–Crippen MR) is 243 cm³/mol. The first-order valence-corrected chi connectivity index (χ1v) is 19.8. The van der Waals surface area contributed by atoms with Crippen LogP contribution < -0.4 is 4.90 Å². The molecular formula is C54H35N3O. The molecule has 0 aliphatic carbocycles. The summed E-state index contributed by atoms with van der Waals surface area (Å²) >= 11 is 0. The third-order valence-electron chi connectivity index (χ3n) is 11.7. The van der Waals surface area contributed by atoms with Crippen molar-refractivity contribution in [2.75, 3.05) is 4.90 Å². The molecule has 0 aliphatic heterocycles. The summed E-state index contributed by atoms with van der Waals surface area (Å²) in [6, 6.07) is 76.2. The summed E-state index contributed by atoms with van der Waals surface area (Å²) in [6.07, 6.45) is 0. The molecule has 4 nitrogen and oxygen atoms in total. The van der Waals surface area contributed by atoms with E-state index in [1.54, 1.807) is 0 Å². The average molecular weight is 742 g/mol. The van der Waals surface area contributed by atoms with Crippen molar-refractivity contribution in [3.8, 4) is 22.5 Å². The number of anilines is 3. The summed E-state index contributed by atoms with van der Waals surface area (Å²) < 4.78 is 11.0. The van der Waals surface area contributed by atoms with Gasteiger partial charge in [0.2, 0.25) is 0 Å². The molecule has 0 atom stereocenters. The Hall–Kier alpha value is -7.82. The molecule has 0 unspecified atom stereocenters. The fourth-order valence-electron chi connectivity index (χ4n) is 9.06. The van der Waals surface area contributed by atoms with E-state index in [-0.39, 0.29) is 0 Å². The van der Waals surface area contributed by atoms with E-state index in [0.29, 0.717) is 0 Å². The Morgan fingerprint density at radius 1 is 0.293 bits per heavy atom. The number of para-hydroxylation sites is 5. The summed E-state index contributed by atoms with van der Waals surface area (Å²) in [5, 5.41) is 7.20. The number of aromatic nitrogens is 2. The van der Waals surface area contributed by atoms with E-state index in [2.05, 4.69) is 214 Å². The molecule has 12 rings (SSSR count). The van der Waals surface area contributed by atoms with Gasteiger partial charge >= 0.3 is 0 Å². The third kappa shape index (κ3) is 5.02. The maximum atomic E-state index is 6.27. The highest BCUT2D eigenvalue weighted by atomic mass is 16.3. The van der Waals surface area contributed by atoms with Crippen molar-refractivity contribution >= 4 is 82.6 Å². The largest absolute Gasteiger partial charge is 0.456 e. The summed E-state index contributed by atoms with van der Waals surface area (Å²) in [5.74, 6) is 0. The first-order valence-electron chi connectivity index (χ1n) is 19.8. The van der Waals surface area contributed by atoms with Crippen LogP contribution in [0.25, 0.3) is 88.1 Å². The van der Waals surface area contributed by atoms with Crippen LogP contribution in [-0.4, -0.2) is 9.13 Å². The van der Waals surface area contributed by atoms with E-state index in [0.717, 1.165) is 61.5 Å². The first-order chi connectivity index (χ1) is 28.8. The van der Waals surface area contributed by atoms with Crippen molar-refractivity contribution in [3.63, 3.8) is 0 Å². The second kappa shape index (κ2) is 12.9. The monoisotopic (exact) mass is 741 g/mol. The Morgan fingerprint density at radius 3 is 1.40 bits per heavy atom. The van der Waals surface area contributed by atoms with E-state index < -0.39 is 0 Å². The second-order valence-corrected chi connectivity index (χ2v) is 15.0. The van der Waals surface area contributed by atoms with Crippen LogP contribution in [0.4, 0.5) is 17.1 Å². The highest BCUT2D eigenvalue weighted by molar-refractivity contribution is 6.11. The van der Waals surface area contributed by atoms with Crippen LogP contribution in [0, 0.1) is 0 Å². The zero-order chi connectivity index (χ0) is 38.2. The number of fused-ring (bicyclic) bond motifs is 9. The van der Waals surface area contributed by atoms with Gasteiger partial charge in [0.05, 0.1) is 22.1 Å². The summed E-state index contributed by atoms with van der Waals surface area (Å²) in [6.45, 7) is 0. The van der Waals surface area contributed by atoms with E-state index in [1.807, 2.05) is 12.1 Å². The lowest BCUT2D eigenvalue weighted by atomic mass is 10.0. The van der Waals surface area contributed by atoms with Gasteiger partial charge in [0.1, 0.15) is 11.2 Å². The van der Waals surface area contributed by atoms with Crippen molar-refractivity contribution in [1.82, 2.24) is 9.13 Å². The van der Waals surface area contributed by atoms with Crippen molar-refractivity contribution < 1.29 is 4.42 Å². The molecule has 3 aromatic heterocycles. The Morgan fingerprint density at radius 2 is 0.741 bits per heavy atom. The maximum absolute atomic E-state index is 6.27. The quantitative estimate of drug-likeness (QED) is 0.170. The highest BCUT2D eigenvalue weighted by Crippen LogP contribution is 2.42. The van der Waals surface area contributed by atoms with E-state index in [9.17, 15) is 0 Å². The van der Waals surface area contributed by atoms with Crippen molar-refractivity contribution in [2.45, 2.75) is 0 Å².